The Morgan fingerprint density at radius 2 is 1.93 bits per heavy atom. The molecule has 0 fully saturated rings. The van der Waals surface area contributed by atoms with E-state index in [2.05, 4.69) is 5.32 Å². The topological polar surface area (TPSA) is 64.6 Å². The van der Waals surface area contributed by atoms with Crippen LogP contribution >= 0.6 is 22.9 Å². The molecule has 0 saturated heterocycles. The minimum Gasteiger partial charge on any atom is -0.481 e. The fraction of sp³-hybridized carbons (Fsp3) is 0.182. The molecular formula is C22H19ClFNO4S. The summed E-state index contributed by atoms with van der Waals surface area (Å²) in [5.41, 5.74) is 1.41. The highest BCUT2D eigenvalue weighted by Gasteiger charge is 2.25. The van der Waals surface area contributed by atoms with E-state index < -0.39 is 18.0 Å². The van der Waals surface area contributed by atoms with Crippen LogP contribution in [0.2, 0.25) is 5.02 Å². The number of ether oxygens (including phenoxy) is 2. The third-order valence-electron chi connectivity index (χ3n) is 4.14. The Balaban J connectivity index is 1.84. The summed E-state index contributed by atoms with van der Waals surface area (Å²) in [5.74, 6) is -0.939. The highest BCUT2D eigenvalue weighted by molar-refractivity contribution is 7.15. The molecule has 0 radical (unpaired) electrons. The third-order valence-corrected chi connectivity index (χ3v) is 5.27. The van der Waals surface area contributed by atoms with Gasteiger partial charge in [-0.25, -0.2) is 9.18 Å². The number of anilines is 1. The van der Waals surface area contributed by atoms with Crippen molar-refractivity contribution in [1.82, 2.24) is 0 Å². The summed E-state index contributed by atoms with van der Waals surface area (Å²) in [6.07, 6.45) is -0.838. The molecule has 0 aliphatic carbocycles. The van der Waals surface area contributed by atoms with Gasteiger partial charge in [-0.15, -0.1) is 11.3 Å². The van der Waals surface area contributed by atoms with Crippen LogP contribution in [0.25, 0.3) is 11.1 Å². The normalized spacial score (nSPS) is 11.6. The number of nitrogens with one attached hydrogen (secondary N) is 1. The van der Waals surface area contributed by atoms with Crippen LogP contribution < -0.4 is 10.1 Å². The van der Waals surface area contributed by atoms with Gasteiger partial charge in [0.05, 0.1) is 6.61 Å². The summed E-state index contributed by atoms with van der Waals surface area (Å²) in [6, 6.07) is 12.5. The molecule has 0 bridgehead atoms. The molecule has 0 saturated carbocycles. The van der Waals surface area contributed by atoms with Gasteiger partial charge in [0.2, 0.25) is 0 Å². The summed E-state index contributed by atoms with van der Waals surface area (Å²) in [6.45, 7) is 3.47. The van der Waals surface area contributed by atoms with Gasteiger partial charge in [-0.05, 0) is 49.7 Å². The summed E-state index contributed by atoms with van der Waals surface area (Å²) >= 11 is 7.12. The first-order valence-electron chi connectivity index (χ1n) is 9.16. The molecule has 5 nitrogen and oxygen atoms in total. The molecular weight excluding hydrogens is 429 g/mol. The van der Waals surface area contributed by atoms with E-state index in [1.54, 1.807) is 55.6 Å². The summed E-state index contributed by atoms with van der Waals surface area (Å²) < 4.78 is 24.1. The van der Waals surface area contributed by atoms with Gasteiger partial charge in [0.25, 0.3) is 5.91 Å². The first-order valence-corrected chi connectivity index (χ1v) is 10.4. The molecule has 0 aliphatic rings. The van der Waals surface area contributed by atoms with Gasteiger partial charge < -0.3 is 14.8 Å². The Morgan fingerprint density at radius 1 is 1.20 bits per heavy atom. The number of esters is 1. The summed E-state index contributed by atoms with van der Waals surface area (Å²) in [5, 5.41) is 5.28. The summed E-state index contributed by atoms with van der Waals surface area (Å²) in [7, 11) is 0. The van der Waals surface area contributed by atoms with Crippen LogP contribution in [0.3, 0.4) is 0 Å². The Bertz CT molecular complexity index is 1050. The van der Waals surface area contributed by atoms with Crippen LogP contribution in [-0.2, 0) is 9.53 Å². The quantitative estimate of drug-likeness (QED) is 0.465. The summed E-state index contributed by atoms with van der Waals surface area (Å²) in [4.78, 5) is 25.2. The molecule has 3 rings (SSSR count). The molecule has 8 heteroatoms. The number of carbonyl (C=O) groups is 2. The monoisotopic (exact) mass is 447 g/mol. The molecule has 3 aromatic rings. The van der Waals surface area contributed by atoms with E-state index in [-0.39, 0.29) is 18.0 Å². The van der Waals surface area contributed by atoms with Gasteiger partial charge in [-0.1, -0.05) is 29.8 Å². The average Bonchev–Trinajstić information content (AvgIpc) is 3.12. The van der Waals surface area contributed by atoms with Gasteiger partial charge in [0.1, 0.15) is 22.1 Å². The predicted molar refractivity (Wildman–Crippen MR) is 116 cm³/mol. The van der Waals surface area contributed by atoms with Crippen molar-refractivity contribution < 1.29 is 23.5 Å². The molecule has 0 spiro atoms. The Labute approximate surface area is 182 Å². The van der Waals surface area contributed by atoms with Crippen molar-refractivity contribution in [3.05, 3.63) is 70.3 Å². The predicted octanol–water partition coefficient (Wildman–Crippen LogP) is 5.79. The molecule has 1 N–H and O–H groups in total. The highest BCUT2D eigenvalue weighted by Crippen LogP contribution is 2.36. The van der Waals surface area contributed by atoms with Crippen LogP contribution in [0.5, 0.6) is 5.75 Å². The fourth-order valence-corrected chi connectivity index (χ4v) is 3.85. The van der Waals surface area contributed by atoms with E-state index in [9.17, 15) is 14.0 Å². The van der Waals surface area contributed by atoms with Gasteiger partial charge in [-0.2, -0.15) is 0 Å². The van der Waals surface area contributed by atoms with Gasteiger partial charge in [0, 0.05) is 16.0 Å². The zero-order valence-electron chi connectivity index (χ0n) is 16.3. The zero-order chi connectivity index (χ0) is 21.7. The van der Waals surface area contributed by atoms with Crippen LogP contribution in [-0.4, -0.2) is 24.6 Å². The Morgan fingerprint density at radius 3 is 2.60 bits per heavy atom. The van der Waals surface area contributed by atoms with Crippen LogP contribution in [0.1, 0.15) is 24.2 Å². The second-order valence-electron chi connectivity index (χ2n) is 6.29. The van der Waals surface area contributed by atoms with Crippen molar-refractivity contribution >= 4 is 39.8 Å². The van der Waals surface area contributed by atoms with Crippen molar-refractivity contribution in [3.8, 4) is 16.9 Å². The lowest BCUT2D eigenvalue weighted by molar-refractivity contribution is -0.122. The number of hydrogen-bond acceptors (Lipinski definition) is 5. The minimum absolute atomic E-state index is 0.180. The smallest absolute Gasteiger partial charge is 0.341 e. The van der Waals surface area contributed by atoms with E-state index in [1.165, 1.54) is 23.5 Å². The van der Waals surface area contributed by atoms with Crippen molar-refractivity contribution in [2.45, 2.75) is 20.0 Å². The lowest BCUT2D eigenvalue weighted by Gasteiger charge is -2.15. The maximum Gasteiger partial charge on any atom is 0.341 e. The molecule has 30 heavy (non-hydrogen) atoms. The molecule has 1 aromatic heterocycles. The standard InChI is InChI=1S/C22H19ClFNO4S/c1-3-28-22(27)19-18(14-7-9-16(24)10-8-14)12-30-21(19)25-20(26)13(2)29-17-6-4-5-15(23)11-17/h4-13H,3H2,1-2H3,(H,25,26). The number of halogens is 2. The van der Waals surface area contributed by atoms with E-state index in [4.69, 9.17) is 21.1 Å². The second-order valence-corrected chi connectivity index (χ2v) is 7.60. The van der Waals surface area contributed by atoms with E-state index in [0.29, 0.717) is 26.9 Å². The van der Waals surface area contributed by atoms with Crippen molar-refractivity contribution in [2.24, 2.45) is 0 Å². The van der Waals surface area contributed by atoms with Gasteiger partial charge >= 0.3 is 5.97 Å². The molecule has 156 valence electrons. The van der Waals surface area contributed by atoms with Gasteiger partial charge in [0.15, 0.2) is 6.10 Å². The zero-order valence-corrected chi connectivity index (χ0v) is 17.9. The number of hydrogen-bond donors (Lipinski definition) is 1. The van der Waals surface area contributed by atoms with Gasteiger partial charge in [-0.3, -0.25) is 4.79 Å². The third kappa shape index (κ3) is 5.17. The van der Waals surface area contributed by atoms with E-state index in [0.717, 1.165) is 0 Å². The molecule has 1 unspecified atom stereocenters. The highest BCUT2D eigenvalue weighted by atomic mass is 35.5. The molecule has 2 aromatic carbocycles. The SMILES string of the molecule is CCOC(=O)c1c(-c2ccc(F)cc2)csc1NC(=O)C(C)Oc1cccc(Cl)c1. The molecule has 1 atom stereocenters. The van der Waals surface area contributed by atoms with Crippen LogP contribution in [0.4, 0.5) is 9.39 Å². The van der Waals surface area contributed by atoms with Crippen LogP contribution in [0.15, 0.2) is 53.9 Å². The second kappa shape index (κ2) is 9.73. The maximum atomic E-state index is 13.3. The maximum absolute atomic E-state index is 13.3. The first-order chi connectivity index (χ1) is 14.4. The molecule has 1 heterocycles. The number of carbonyl (C=O) groups excluding carboxylic acids is 2. The van der Waals surface area contributed by atoms with E-state index >= 15 is 0 Å². The minimum atomic E-state index is -0.838. The van der Waals surface area contributed by atoms with Crippen LogP contribution in [0, 0.1) is 5.82 Å². The lowest BCUT2D eigenvalue weighted by Crippen LogP contribution is -2.30. The van der Waals surface area contributed by atoms with E-state index in [1.807, 2.05) is 0 Å². The Hall–Kier alpha value is -2.90. The van der Waals surface area contributed by atoms with Crippen molar-refractivity contribution in [1.29, 1.82) is 0 Å². The Kier molecular flexibility index (Phi) is 7.07. The van der Waals surface area contributed by atoms with Crippen molar-refractivity contribution in [3.63, 3.8) is 0 Å². The molecule has 1 amide bonds. The first kappa shape index (κ1) is 21.8. The van der Waals surface area contributed by atoms with Crippen molar-refractivity contribution in [2.75, 3.05) is 11.9 Å². The fourth-order valence-electron chi connectivity index (χ4n) is 2.71. The number of rotatable bonds is 7. The molecule has 0 aliphatic heterocycles. The number of thiophene rings is 1. The average molecular weight is 448 g/mol. The number of amides is 1. The largest absolute Gasteiger partial charge is 0.481 e. The lowest BCUT2D eigenvalue weighted by atomic mass is 10.0. The number of benzene rings is 2.